The molecule has 0 amide bonds. The molecule has 4 aromatic rings. The fourth-order valence-corrected chi connectivity index (χ4v) is 6.85. The molecule has 0 unspecified atom stereocenters. The van der Waals surface area contributed by atoms with Crippen LogP contribution in [0.4, 0.5) is 11.4 Å². The summed E-state index contributed by atoms with van der Waals surface area (Å²) in [6.07, 6.45) is 7.64. The Morgan fingerprint density at radius 2 is 1.83 bits per heavy atom. The largest absolute Gasteiger partial charge is 0.490 e. The van der Waals surface area contributed by atoms with Gasteiger partial charge in [0, 0.05) is 33.4 Å². The molecule has 1 N–H and O–H groups in total. The van der Waals surface area contributed by atoms with E-state index >= 15 is 0 Å². The van der Waals surface area contributed by atoms with Crippen LogP contribution < -0.4 is 14.8 Å². The minimum atomic E-state index is 0.262. The number of anilines is 1. The maximum atomic E-state index is 6.33. The van der Waals surface area contributed by atoms with Crippen molar-refractivity contribution in [3.63, 3.8) is 0 Å². The van der Waals surface area contributed by atoms with E-state index in [0.717, 1.165) is 27.7 Å². The molecule has 1 aliphatic carbocycles. The molecule has 0 saturated heterocycles. The number of aryl methyl sites for hydroxylation is 1. The predicted molar refractivity (Wildman–Crippen MR) is 177 cm³/mol. The van der Waals surface area contributed by atoms with Crippen LogP contribution in [-0.4, -0.2) is 12.8 Å². The van der Waals surface area contributed by atoms with Crippen molar-refractivity contribution in [2.45, 2.75) is 38.8 Å². The van der Waals surface area contributed by atoms with E-state index in [0.29, 0.717) is 40.0 Å². The Hall–Kier alpha value is -3.25. The van der Waals surface area contributed by atoms with Gasteiger partial charge < -0.3 is 14.8 Å². The number of benzene rings is 4. The van der Waals surface area contributed by atoms with Gasteiger partial charge in [0.25, 0.3) is 0 Å². The molecule has 42 heavy (non-hydrogen) atoms. The van der Waals surface area contributed by atoms with E-state index in [4.69, 9.17) is 37.7 Å². The molecule has 2 aliphatic rings. The van der Waals surface area contributed by atoms with Crippen LogP contribution in [-0.2, 0) is 6.61 Å². The first kappa shape index (κ1) is 28.9. The molecule has 6 rings (SSSR count). The van der Waals surface area contributed by atoms with Crippen LogP contribution in [0.2, 0.25) is 10.0 Å². The summed E-state index contributed by atoms with van der Waals surface area (Å²) in [5, 5.41) is 4.97. The third kappa shape index (κ3) is 6.10. The highest BCUT2D eigenvalue weighted by molar-refractivity contribution is 9.10. The summed E-state index contributed by atoms with van der Waals surface area (Å²) in [7, 11) is 0. The lowest BCUT2D eigenvalue weighted by atomic mass is 9.76. The smallest absolute Gasteiger partial charge is 0.175 e. The molecule has 0 saturated carbocycles. The monoisotopic (exact) mass is 660 g/mol. The molecule has 7 heteroatoms. The molecule has 0 spiro atoms. The van der Waals surface area contributed by atoms with Crippen molar-refractivity contribution in [2.24, 2.45) is 10.9 Å². The Morgan fingerprint density at radius 1 is 1.00 bits per heavy atom. The first-order valence-corrected chi connectivity index (χ1v) is 15.7. The number of aliphatic imine (C=N–C) groups is 1. The Bertz CT molecular complexity index is 1670. The van der Waals surface area contributed by atoms with Gasteiger partial charge in [0.05, 0.1) is 22.8 Å². The first-order valence-electron chi connectivity index (χ1n) is 14.1. The van der Waals surface area contributed by atoms with Gasteiger partial charge in [-0.2, -0.15) is 0 Å². The van der Waals surface area contributed by atoms with Crippen LogP contribution in [0.1, 0.15) is 53.1 Å². The molecular weight excluding hydrogens is 631 g/mol. The number of halogens is 3. The highest BCUT2D eigenvalue weighted by Crippen LogP contribution is 2.50. The number of hydrogen-bond acceptors (Lipinski definition) is 4. The molecule has 3 atom stereocenters. The molecule has 0 aromatic heterocycles. The molecule has 0 radical (unpaired) electrons. The van der Waals surface area contributed by atoms with Gasteiger partial charge >= 0.3 is 0 Å². The van der Waals surface area contributed by atoms with Crippen molar-refractivity contribution in [1.82, 2.24) is 0 Å². The van der Waals surface area contributed by atoms with Gasteiger partial charge in [0.2, 0.25) is 0 Å². The molecule has 1 aliphatic heterocycles. The minimum absolute atomic E-state index is 0.262. The van der Waals surface area contributed by atoms with Crippen LogP contribution in [0.15, 0.2) is 94.4 Å². The molecule has 1 heterocycles. The zero-order valence-electron chi connectivity index (χ0n) is 23.4. The molecule has 0 bridgehead atoms. The van der Waals surface area contributed by atoms with Crippen molar-refractivity contribution >= 4 is 56.7 Å². The van der Waals surface area contributed by atoms with Gasteiger partial charge in [-0.25, -0.2) is 0 Å². The number of fused-ring (bicyclic) bond motifs is 3. The maximum Gasteiger partial charge on any atom is 0.175 e. The van der Waals surface area contributed by atoms with Gasteiger partial charge in [0.1, 0.15) is 6.61 Å². The van der Waals surface area contributed by atoms with E-state index in [9.17, 15) is 0 Å². The number of nitrogens with zero attached hydrogens (tertiary/aromatic N) is 1. The van der Waals surface area contributed by atoms with Crippen LogP contribution in [0.5, 0.6) is 11.5 Å². The van der Waals surface area contributed by atoms with E-state index in [1.807, 2.05) is 31.3 Å². The van der Waals surface area contributed by atoms with Crippen LogP contribution >= 0.6 is 39.1 Å². The fraction of sp³-hybridized carbons (Fsp3) is 0.229. The second kappa shape index (κ2) is 12.5. The van der Waals surface area contributed by atoms with Gasteiger partial charge in [-0.15, -0.1) is 0 Å². The lowest BCUT2D eigenvalue weighted by Crippen LogP contribution is -2.29. The van der Waals surface area contributed by atoms with E-state index in [1.165, 1.54) is 22.4 Å². The molecule has 214 valence electrons. The second-order valence-corrected chi connectivity index (χ2v) is 12.4. The number of rotatable bonds is 8. The van der Waals surface area contributed by atoms with Crippen LogP contribution in [0.25, 0.3) is 0 Å². The summed E-state index contributed by atoms with van der Waals surface area (Å²) in [6.45, 7) is 4.90. The van der Waals surface area contributed by atoms with E-state index in [2.05, 4.69) is 82.8 Å². The first-order chi connectivity index (χ1) is 20.4. The van der Waals surface area contributed by atoms with Crippen LogP contribution in [0, 0.1) is 12.8 Å². The van der Waals surface area contributed by atoms with E-state index in [1.54, 1.807) is 12.1 Å². The standard InChI is InChI=1S/C35H31BrCl2N2O2/c1-3-41-33-17-22(16-30(36)35(33)42-20-24-8-11-25(37)18-31(24)38)19-39-26-12-9-23(10-13-26)34-28-6-4-5-27(28)29-15-21(2)7-14-32(29)40-34/h4-5,7-19,27-28,34,40H,3,6,20H2,1-2H3/t27-,28-,34+/m1/s1. The summed E-state index contributed by atoms with van der Waals surface area (Å²) < 4.78 is 12.8. The highest BCUT2D eigenvalue weighted by atomic mass is 79.9. The fourth-order valence-electron chi connectivity index (χ4n) is 5.81. The zero-order chi connectivity index (χ0) is 29.2. The Morgan fingerprint density at radius 3 is 2.62 bits per heavy atom. The van der Waals surface area contributed by atoms with Crippen molar-refractivity contribution in [3.8, 4) is 11.5 Å². The lowest BCUT2D eigenvalue weighted by molar-refractivity contribution is 0.267. The van der Waals surface area contributed by atoms with Crippen molar-refractivity contribution < 1.29 is 9.47 Å². The van der Waals surface area contributed by atoms with Crippen LogP contribution in [0.3, 0.4) is 0 Å². The number of ether oxygens (including phenoxy) is 2. The van der Waals surface area contributed by atoms with E-state index in [-0.39, 0.29) is 12.6 Å². The van der Waals surface area contributed by atoms with Crippen molar-refractivity contribution in [1.29, 1.82) is 0 Å². The third-order valence-corrected chi connectivity index (χ3v) is 9.03. The molecule has 4 nitrogen and oxygen atoms in total. The minimum Gasteiger partial charge on any atom is -0.490 e. The highest BCUT2D eigenvalue weighted by Gasteiger charge is 2.37. The Balaban J connectivity index is 1.18. The lowest BCUT2D eigenvalue weighted by Gasteiger charge is -2.37. The van der Waals surface area contributed by atoms with E-state index < -0.39 is 0 Å². The van der Waals surface area contributed by atoms with Gasteiger partial charge in [0.15, 0.2) is 11.5 Å². The van der Waals surface area contributed by atoms with Crippen molar-refractivity contribution in [2.75, 3.05) is 11.9 Å². The normalized spacial score (nSPS) is 18.9. The second-order valence-electron chi connectivity index (χ2n) is 10.7. The number of hydrogen-bond donors (Lipinski definition) is 1. The topological polar surface area (TPSA) is 42.8 Å². The quantitative estimate of drug-likeness (QED) is 0.151. The zero-order valence-corrected chi connectivity index (χ0v) is 26.5. The summed E-state index contributed by atoms with van der Waals surface area (Å²) in [6, 6.07) is 24.8. The molecular formula is C35H31BrCl2N2O2. The number of allylic oxidation sites excluding steroid dienone is 2. The van der Waals surface area contributed by atoms with Gasteiger partial charge in [-0.1, -0.05) is 71.2 Å². The average Bonchev–Trinajstić information content (AvgIpc) is 3.47. The maximum absolute atomic E-state index is 6.33. The van der Waals surface area contributed by atoms with Gasteiger partial charge in [-0.05, 0) is 101 Å². The summed E-state index contributed by atoms with van der Waals surface area (Å²) >= 11 is 16.0. The van der Waals surface area contributed by atoms with Gasteiger partial charge in [-0.3, -0.25) is 4.99 Å². The predicted octanol–water partition coefficient (Wildman–Crippen LogP) is 10.6. The SMILES string of the molecule is CCOc1cc(C=Nc2ccc([C@@H]3Nc4ccc(C)cc4[C@@H]4C=CC[C@H]43)cc2)cc(Br)c1OCc1ccc(Cl)cc1Cl. The van der Waals surface area contributed by atoms with Crippen molar-refractivity contribution in [3.05, 3.63) is 127 Å². The summed E-state index contributed by atoms with van der Waals surface area (Å²) in [5.41, 5.74) is 7.86. The molecule has 0 fully saturated rings. The Labute approximate surface area is 265 Å². The average molecular weight is 662 g/mol. The summed E-state index contributed by atoms with van der Waals surface area (Å²) in [4.78, 5) is 4.76. The Kier molecular flexibility index (Phi) is 8.62. The number of nitrogens with one attached hydrogen (secondary N) is 1. The summed E-state index contributed by atoms with van der Waals surface area (Å²) in [5.74, 6) is 2.21. The molecule has 4 aromatic carbocycles. The third-order valence-electron chi connectivity index (χ3n) is 7.85.